The summed E-state index contributed by atoms with van der Waals surface area (Å²) in [6.45, 7) is 4.27. The SMILES string of the molecule is CCCC/C=C/CC/C=C\CCCCCCOC(C)=O. The van der Waals surface area contributed by atoms with Gasteiger partial charge in [0.15, 0.2) is 0 Å². The fourth-order valence-corrected chi connectivity index (χ4v) is 1.92. The summed E-state index contributed by atoms with van der Waals surface area (Å²) in [6.07, 6.45) is 21.1. The largest absolute Gasteiger partial charge is 0.466 e. The zero-order valence-corrected chi connectivity index (χ0v) is 13.4. The van der Waals surface area contributed by atoms with Gasteiger partial charge in [0.05, 0.1) is 6.61 Å². The van der Waals surface area contributed by atoms with Gasteiger partial charge in [-0.1, -0.05) is 56.9 Å². The summed E-state index contributed by atoms with van der Waals surface area (Å²) < 4.78 is 4.89. The minimum Gasteiger partial charge on any atom is -0.466 e. The van der Waals surface area contributed by atoms with E-state index < -0.39 is 0 Å². The molecule has 0 spiro atoms. The van der Waals surface area contributed by atoms with Crippen LogP contribution in [0, 0.1) is 0 Å². The van der Waals surface area contributed by atoms with Gasteiger partial charge in [-0.2, -0.15) is 0 Å². The van der Waals surface area contributed by atoms with Crippen molar-refractivity contribution in [2.45, 2.75) is 78.1 Å². The molecule has 0 N–H and O–H groups in total. The van der Waals surface area contributed by atoms with Gasteiger partial charge in [0.2, 0.25) is 0 Å². The molecular formula is C18H32O2. The lowest BCUT2D eigenvalue weighted by Crippen LogP contribution is -1.99. The molecule has 0 aromatic carbocycles. The molecule has 2 nitrogen and oxygen atoms in total. The van der Waals surface area contributed by atoms with Gasteiger partial charge in [-0.3, -0.25) is 4.79 Å². The molecule has 0 bridgehead atoms. The van der Waals surface area contributed by atoms with Gasteiger partial charge in [-0.15, -0.1) is 0 Å². The van der Waals surface area contributed by atoms with Crippen molar-refractivity contribution in [2.24, 2.45) is 0 Å². The van der Waals surface area contributed by atoms with Gasteiger partial charge >= 0.3 is 5.97 Å². The predicted molar refractivity (Wildman–Crippen MR) is 86.8 cm³/mol. The average molecular weight is 280 g/mol. The van der Waals surface area contributed by atoms with Gasteiger partial charge in [0.1, 0.15) is 0 Å². The Hall–Kier alpha value is -1.05. The van der Waals surface area contributed by atoms with Crippen LogP contribution in [0.4, 0.5) is 0 Å². The third-order valence-electron chi connectivity index (χ3n) is 3.13. The second-order valence-corrected chi connectivity index (χ2v) is 5.21. The molecule has 0 aromatic heterocycles. The van der Waals surface area contributed by atoms with Gasteiger partial charge in [-0.25, -0.2) is 0 Å². The molecule has 0 aliphatic heterocycles. The Bertz CT molecular complexity index is 267. The molecule has 0 aromatic rings. The zero-order valence-electron chi connectivity index (χ0n) is 13.4. The van der Waals surface area contributed by atoms with E-state index in [1.807, 2.05) is 0 Å². The topological polar surface area (TPSA) is 26.3 Å². The Balaban J connectivity index is 3.16. The maximum atomic E-state index is 10.5. The molecule has 116 valence electrons. The van der Waals surface area contributed by atoms with Crippen molar-refractivity contribution in [1.82, 2.24) is 0 Å². The van der Waals surface area contributed by atoms with Crippen molar-refractivity contribution in [2.75, 3.05) is 6.61 Å². The summed E-state index contributed by atoms with van der Waals surface area (Å²) in [5.74, 6) is -0.170. The van der Waals surface area contributed by atoms with E-state index in [1.54, 1.807) is 0 Å². The highest BCUT2D eigenvalue weighted by Gasteiger charge is 1.92. The number of carbonyl (C=O) groups excluding carboxylic acids is 1. The van der Waals surface area contributed by atoms with Crippen LogP contribution in [0.3, 0.4) is 0 Å². The van der Waals surface area contributed by atoms with E-state index in [1.165, 1.54) is 51.9 Å². The Morgan fingerprint density at radius 2 is 1.35 bits per heavy atom. The van der Waals surface area contributed by atoms with E-state index in [-0.39, 0.29) is 5.97 Å². The lowest BCUT2D eigenvalue weighted by atomic mass is 10.1. The fourth-order valence-electron chi connectivity index (χ4n) is 1.92. The number of esters is 1. The quantitative estimate of drug-likeness (QED) is 0.250. The Morgan fingerprint density at radius 1 is 0.800 bits per heavy atom. The van der Waals surface area contributed by atoms with Gasteiger partial charge in [0.25, 0.3) is 0 Å². The molecule has 0 atom stereocenters. The van der Waals surface area contributed by atoms with Crippen LogP contribution in [0.15, 0.2) is 24.3 Å². The Labute approximate surface area is 125 Å². The molecule has 0 heterocycles. The molecule has 0 radical (unpaired) electrons. The first-order valence-corrected chi connectivity index (χ1v) is 8.20. The van der Waals surface area contributed by atoms with E-state index in [0.29, 0.717) is 6.61 Å². The summed E-state index contributed by atoms with van der Waals surface area (Å²) >= 11 is 0. The lowest BCUT2D eigenvalue weighted by molar-refractivity contribution is -0.141. The Kier molecular flexibility index (Phi) is 15.2. The van der Waals surface area contributed by atoms with Crippen molar-refractivity contribution in [1.29, 1.82) is 0 Å². The van der Waals surface area contributed by atoms with E-state index in [0.717, 1.165) is 19.3 Å². The van der Waals surface area contributed by atoms with Crippen LogP contribution >= 0.6 is 0 Å². The summed E-state index contributed by atoms with van der Waals surface area (Å²) in [7, 11) is 0. The van der Waals surface area contributed by atoms with Crippen molar-refractivity contribution in [3.63, 3.8) is 0 Å². The lowest BCUT2D eigenvalue weighted by Gasteiger charge is -2.00. The van der Waals surface area contributed by atoms with E-state index in [9.17, 15) is 4.79 Å². The predicted octanol–water partition coefficient (Wildman–Crippen LogP) is 5.58. The summed E-state index contributed by atoms with van der Waals surface area (Å²) in [5, 5.41) is 0. The van der Waals surface area contributed by atoms with Crippen molar-refractivity contribution < 1.29 is 9.53 Å². The van der Waals surface area contributed by atoms with Crippen molar-refractivity contribution >= 4 is 5.97 Å². The van der Waals surface area contributed by atoms with E-state index in [2.05, 4.69) is 31.2 Å². The third kappa shape index (κ3) is 16.9. The molecule has 2 heteroatoms. The molecular weight excluding hydrogens is 248 g/mol. The van der Waals surface area contributed by atoms with E-state index >= 15 is 0 Å². The number of rotatable bonds is 13. The normalized spacial score (nSPS) is 11.5. The van der Waals surface area contributed by atoms with Crippen molar-refractivity contribution in [3.05, 3.63) is 24.3 Å². The molecule has 0 fully saturated rings. The summed E-state index contributed by atoms with van der Waals surface area (Å²) in [4.78, 5) is 10.5. The highest BCUT2D eigenvalue weighted by atomic mass is 16.5. The smallest absolute Gasteiger partial charge is 0.302 e. The molecule has 20 heavy (non-hydrogen) atoms. The number of carbonyl (C=O) groups is 1. The van der Waals surface area contributed by atoms with Gasteiger partial charge < -0.3 is 4.74 Å². The van der Waals surface area contributed by atoms with Crippen LogP contribution in [0.25, 0.3) is 0 Å². The number of ether oxygens (including phenoxy) is 1. The number of allylic oxidation sites excluding steroid dienone is 4. The highest BCUT2D eigenvalue weighted by Crippen LogP contribution is 2.05. The maximum Gasteiger partial charge on any atom is 0.302 e. The van der Waals surface area contributed by atoms with Crippen LogP contribution in [0.5, 0.6) is 0 Å². The van der Waals surface area contributed by atoms with Gasteiger partial charge in [0, 0.05) is 6.92 Å². The standard InChI is InChI=1S/C18H32O2/c1-3-4-5-6-7-8-9-10-11-12-13-14-15-16-17-20-18(2)19/h6-7,10-11H,3-5,8-9,12-17H2,1-2H3/b7-6+,11-10-. The van der Waals surface area contributed by atoms with Crippen LogP contribution in [-0.4, -0.2) is 12.6 Å². The molecule has 0 unspecified atom stereocenters. The number of hydrogen-bond donors (Lipinski definition) is 0. The first-order valence-electron chi connectivity index (χ1n) is 8.20. The molecule has 0 amide bonds. The molecule has 0 aliphatic rings. The van der Waals surface area contributed by atoms with Crippen molar-refractivity contribution in [3.8, 4) is 0 Å². The summed E-state index contributed by atoms with van der Waals surface area (Å²) in [6, 6.07) is 0. The first-order chi connectivity index (χ1) is 9.77. The molecule has 0 saturated carbocycles. The average Bonchev–Trinajstić information content (AvgIpc) is 2.43. The second-order valence-electron chi connectivity index (χ2n) is 5.21. The van der Waals surface area contributed by atoms with Crippen LogP contribution in [-0.2, 0) is 9.53 Å². The first kappa shape index (κ1) is 18.9. The molecule has 0 rings (SSSR count). The fraction of sp³-hybridized carbons (Fsp3) is 0.722. The van der Waals surface area contributed by atoms with E-state index in [4.69, 9.17) is 4.74 Å². The minimum atomic E-state index is -0.170. The number of hydrogen-bond acceptors (Lipinski definition) is 2. The van der Waals surface area contributed by atoms with Crippen LogP contribution in [0.1, 0.15) is 78.1 Å². The minimum absolute atomic E-state index is 0.170. The maximum absolute atomic E-state index is 10.5. The summed E-state index contributed by atoms with van der Waals surface area (Å²) in [5.41, 5.74) is 0. The molecule has 0 aliphatic carbocycles. The Morgan fingerprint density at radius 3 is 1.95 bits per heavy atom. The zero-order chi connectivity index (χ0) is 14.9. The third-order valence-corrected chi connectivity index (χ3v) is 3.13. The van der Waals surface area contributed by atoms with Crippen LogP contribution in [0.2, 0.25) is 0 Å². The van der Waals surface area contributed by atoms with Gasteiger partial charge in [-0.05, 0) is 38.5 Å². The van der Waals surface area contributed by atoms with Crippen LogP contribution < -0.4 is 0 Å². The second kappa shape index (κ2) is 16.0. The number of unbranched alkanes of at least 4 members (excludes halogenated alkanes) is 7. The monoisotopic (exact) mass is 280 g/mol. The molecule has 0 saturated heterocycles. The highest BCUT2D eigenvalue weighted by molar-refractivity contribution is 5.65.